The number of hydrogen-bond acceptors (Lipinski definition) is 6. The van der Waals surface area contributed by atoms with Crippen molar-refractivity contribution in [2.24, 2.45) is 4.99 Å². The lowest BCUT2D eigenvalue weighted by Gasteiger charge is -2.18. The molecular weight excluding hydrogens is 375 g/mol. The average molecular weight is 398 g/mol. The average Bonchev–Trinajstić information content (AvgIpc) is 3.22. The van der Waals surface area contributed by atoms with Gasteiger partial charge in [0.1, 0.15) is 5.69 Å². The van der Waals surface area contributed by atoms with E-state index in [2.05, 4.69) is 30.8 Å². The van der Waals surface area contributed by atoms with E-state index in [9.17, 15) is 4.39 Å². The van der Waals surface area contributed by atoms with Crippen LogP contribution in [0.1, 0.15) is 24.4 Å². The third-order valence-corrected chi connectivity index (χ3v) is 4.25. The summed E-state index contributed by atoms with van der Waals surface area (Å²) < 4.78 is 24.1. The maximum atomic E-state index is 13.9. The van der Waals surface area contributed by atoms with E-state index in [1.165, 1.54) is 13.2 Å². The van der Waals surface area contributed by atoms with Gasteiger partial charge in [-0.15, -0.1) is 0 Å². The first-order chi connectivity index (χ1) is 14.1. The Hall–Kier alpha value is -3.49. The standard InChI is InChI=1S/C20H23FN6O2/c1-13(14-7-8-17(28-3)15(21)12-14)25-20(22-2)24-11-9-18-26-19(29-27-18)16-6-4-5-10-23-16/h4-8,10,12-13H,9,11H2,1-3H3,(H2,22,24,25). The molecule has 0 aliphatic rings. The fraction of sp³-hybridized carbons (Fsp3) is 0.300. The molecule has 152 valence electrons. The van der Waals surface area contributed by atoms with E-state index in [1.54, 1.807) is 19.3 Å². The van der Waals surface area contributed by atoms with Crippen molar-refractivity contribution in [1.29, 1.82) is 0 Å². The SMILES string of the molecule is CN=C(NCCc1noc(-c2ccccn2)n1)NC(C)c1ccc(OC)c(F)c1. The van der Waals surface area contributed by atoms with Gasteiger partial charge in [-0.05, 0) is 36.8 Å². The van der Waals surface area contributed by atoms with E-state index >= 15 is 0 Å². The van der Waals surface area contributed by atoms with Gasteiger partial charge < -0.3 is 19.9 Å². The van der Waals surface area contributed by atoms with Crippen LogP contribution >= 0.6 is 0 Å². The number of methoxy groups -OCH3 is 1. The molecule has 3 rings (SSSR count). The van der Waals surface area contributed by atoms with Crippen LogP contribution in [0.15, 0.2) is 52.1 Å². The van der Waals surface area contributed by atoms with Gasteiger partial charge in [0.05, 0.1) is 13.2 Å². The largest absolute Gasteiger partial charge is 0.494 e. The fourth-order valence-electron chi connectivity index (χ4n) is 2.68. The smallest absolute Gasteiger partial charge is 0.276 e. The first kappa shape index (κ1) is 20.2. The maximum Gasteiger partial charge on any atom is 0.276 e. The molecule has 1 atom stereocenters. The summed E-state index contributed by atoms with van der Waals surface area (Å²) in [6.07, 6.45) is 2.22. The number of aliphatic imine (C=N–C) groups is 1. The van der Waals surface area contributed by atoms with Crippen LogP contribution in [0.2, 0.25) is 0 Å². The van der Waals surface area contributed by atoms with Gasteiger partial charge in [-0.25, -0.2) is 4.39 Å². The first-order valence-corrected chi connectivity index (χ1v) is 9.15. The Kier molecular flexibility index (Phi) is 6.72. The van der Waals surface area contributed by atoms with E-state index in [-0.39, 0.29) is 11.8 Å². The van der Waals surface area contributed by atoms with Crippen LogP contribution in [-0.4, -0.2) is 41.8 Å². The molecule has 9 heteroatoms. The van der Waals surface area contributed by atoms with E-state index < -0.39 is 5.82 Å². The molecule has 0 aliphatic heterocycles. The minimum atomic E-state index is -0.401. The Morgan fingerprint density at radius 2 is 2.17 bits per heavy atom. The van der Waals surface area contributed by atoms with Gasteiger partial charge in [-0.3, -0.25) is 9.98 Å². The molecule has 0 bridgehead atoms. The number of ether oxygens (including phenoxy) is 1. The zero-order valence-corrected chi connectivity index (χ0v) is 16.5. The topological polar surface area (TPSA) is 97.5 Å². The zero-order chi connectivity index (χ0) is 20.6. The highest BCUT2D eigenvalue weighted by atomic mass is 19.1. The molecule has 0 aliphatic carbocycles. The molecule has 29 heavy (non-hydrogen) atoms. The van der Waals surface area contributed by atoms with Crippen LogP contribution < -0.4 is 15.4 Å². The molecule has 1 aromatic carbocycles. The van der Waals surface area contributed by atoms with Gasteiger partial charge in [-0.2, -0.15) is 4.98 Å². The van der Waals surface area contributed by atoms with Crippen LogP contribution in [-0.2, 0) is 6.42 Å². The van der Waals surface area contributed by atoms with Gasteiger partial charge in [0.15, 0.2) is 23.4 Å². The van der Waals surface area contributed by atoms with Crippen molar-refractivity contribution in [1.82, 2.24) is 25.8 Å². The summed E-state index contributed by atoms with van der Waals surface area (Å²) in [4.78, 5) is 12.7. The molecule has 0 radical (unpaired) electrons. The second-order valence-corrected chi connectivity index (χ2v) is 6.24. The molecule has 0 fully saturated rings. The molecule has 1 unspecified atom stereocenters. The Labute approximate surface area is 168 Å². The number of halogens is 1. The second kappa shape index (κ2) is 9.63. The molecule has 8 nitrogen and oxygen atoms in total. The number of nitrogens with one attached hydrogen (secondary N) is 2. The van der Waals surface area contributed by atoms with Crippen molar-refractivity contribution in [2.75, 3.05) is 20.7 Å². The third kappa shape index (κ3) is 5.28. The predicted molar refractivity (Wildman–Crippen MR) is 107 cm³/mol. The van der Waals surface area contributed by atoms with Gasteiger partial charge >= 0.3 is 0 Å². The van der Waals surface area contributed by atoms with Crippen molar-refractivity contribution in [3.63, 3.8) is 0 Å². The number of nitrogens with zero attached hydrogens (tertiary/aromatic N) is 4. The maximum absolute atomic E-state index is 13.9. The fourth-order valence-corrected chi connectivity index (χ4v) is 2.68. The summed E-state index contributed by atoms with van der Waals surface area (Å²) in [6, 6.07) is 10.2. The summed E-state index contributed by atoms with van der Waals surface area (Å²) in [5.74, 6) is 1.36. The molecule has 0 saturated heterocycles. The highest BCUT2D eigenvalue weighted by Crippen LogP contribution is 2.21. The lowest BCUT2D eigenvalue weighted by Crippen LogP contribution is -2.39. The van der Waals surface area contributed by atoms with Crippen LogP contribution in [0, 0.1) is 5.82 Å². The highest BCUT2D eigenvalue weighted by molar-refractivity contribution is 5.80. The Morgan fingerprint density at radius 3 is 2.86 bits per heavy atom. The molecule has 2 aromatic heterocycles. The van der Waals surface area contributed by atoms with Crippen LogP contribution in [0.4, 0.5) is 4.39 Å². The monoisotopic (exact) mass is 398 g/mol. The van der Waals surface area contributed by atoms with Crippen LogP contribution in [0.3, 0.4) is 0 Å². The van der Waals surface area contributed by atoms with Crippen molar-refractivity contribution in [3.8, 4) is 17.3 Å². The Morgan fingerprint density at radius 1 is 1.31 bits per heavy atom. The second-order valence-electron chi connectivity index (χ2n) is 6.24. The number of guanidine groups is 1. The number of pyridine rings is 1. The number of rotatable bonds is 7. The number of benzene rings is 1. The zero-order valence-electron chi connectivity index (χ0n) is 16.5. The molecule has 0 amide bonds. The Bertz CT molecular complexity index is 961. The highest BCUT2D eigenvalue weighted by Gasteiger charge is 2.12. The van der Waals surface area contributed by atoms with Gasteiger partial charge in [0.2, 0.25) is 0 Å². The van der Waals surface area contributed by atoms with Crippen LogP contribution in [0.25, 0.3) is 11.6 Å². The quantitative estimate of drug-likeness (QED) is 0.466. The van der Waals surface area contributed by atoms with Gasteiger partial charge in [0, 0.05) is 26.2 Å². The number of aromatic nitrogens is 3. The third-order valence-electron chi connectivity index (χ3n) is 4.25. The van der Waals surface area contributed by atoms with Crippen molar-refractivity contribution in [3.05, 3.63) is 59.8 Å². The normalized spacial score (nSPS) is 12.5. The van der Waals surface area contributed by atoms with Crippen LogP contribution in [0.5, 0.6) is 5.75 Å². The summed E-state index contributed by atoms with van der Waals surface area (Å²) in [7, 11) is 3.11. The minimum absolute atomic E-state index is 0.150. The van der Waals surface area contributed by atoms with Gasteiger partial charge in [0.25, 0.3) is 5.89 Å². The molecule has 2 N–H and O–H groups in total. The minimum Gasteiger partial charge on any atom is -0.494 e. The lowest BCUT2D eigenvalue weighted by molar-refractivity contribution is 0.386. The molecule has 0 spiro atoms. The molecular formula is C20H23FN6O2. The van der Waals surface area contributed by atoms with E-state index in [4.69, 9.17) is 9.26 Å². The van der Waals surface area contributed by atoms with Crippen molar-refractivity contribution < 1.29 is 13.7 Å². The van der Waals surface area contributed by atoms with E-state index in [0.717, 1.165) is 5.56 Å². The van der Waals surface area contributed by atoms with Crippen molar-refractivity contribution in [2.45, 2.75) is 19.4 Å². The number of hydrogen-bond donors (Lipinski definition) is 2. The molecule has 3 aromatic rings. The van der Waals surface area contributed by atoms with E-state index in [0.29, 0.717) is 36.3 Å². The summed E-state index contributed by atoms with van der Waals surface area (Å²) in [5, 5.41) is 10.4. The lowest BCUT2D eigenvalue weighted by atomic mass is 10.1. The summed E-state index contributed by atoms with van der Waals surface area (Å²) in [5.41, 5.74) is 1.42. The Balaban J connectivity index is 1.52. The first-order valence-electron chi connectivity index (χ1n) is 9.15. The van der Waals surface area contributed by atoms with Crippen molar-refractivity contribution >= 4 is 5.96 Å². The van der Waals surface area contributed by atoms with E-state index in [1.807, 2.05) is 31.2 Å². The van der Waals surface area contributed by atoms with Gasteiger partial charge in [-0.1, -0.05) is 17.3 Å². The molecule has 2 heterocycles. The summed E-state index contributed by atoms with van der Waals surface area (Å²) in [6.45, 7) is 2.47. The molecule has 0 saturated carbocycles. The predicted octanol–water partition coefficient (Wildman–Crippen LogP) is 2.75. The summed E-state index contributed by atoms with van der Waals surface area (Å²) >= 11 is 0.